The Labute approximate surface area is 168 Å². The van der Waals surface area contributed by atoms with Crippen LogP contribution in [0.5, 0.6) is 0 Å². The van der Waals surface area contributed by atoms with Crippen LogP contribution in [0.1, 0.15) is 11.1 Å². The summed E-state index contributed by atoms with van der Waals surface area (Å²) >= 11 is 4.03. The zero-order valence-electron chi connectivity index (χ0n) is 14.7. The maximum Gasteiger partial charge on any atom is 0.174 e. The Balaban J connectivity index is 1.84. The monoisotopic (exact) mass is 392 g/mol. The number of thiocarbonyl (C=S) groups is 1. The summed E-state index contributed by atoms with van der Waals surface area (Å²) in [6.45, 7) is 0. The maximum absolute atomic E-state index is 12.9. The molecule has 0 aromatic heterocycles. The summed E-state index contributed by atoms with van der Waals surface area (Å²) in [6.07, 6.45) is 3.71. The Kier molecular flexibility index (Phi) is 6.65. The van der Waals surface area contributed by atoms with Crippen LogP contribution >= 0.6 is 12.2 Å². The van der Waals surface area contributed by atoms with Gasteiger partial charge in [0.15, 0.2) is 10.0 Å². The van der Waals surface area contributed by atoms with E-state index in [0.29, 0.717) is 5.75 Å². The van der Waals surface area contributed by atoms with Crippen molar-refractivity contribution in [3.8, 4) is 0 Å². The molecule has 0 fully saturated rings. The predicted molar refractivity (Wildman–Crippen MR) is 118 cm³/mol. The van der Waals surface area contributed by atoms with Gasteiger partial charge in [-0.05, 0) is 53.7 Å². The molecule has 0 aliphatic heterocycles. The molecule has 0 bridgehead atoms. The van der Waals surface area contributed by atoms with Gasteiger partial charge in [-0.15, -0.1) is 0 Å². The molecule has 0 spiro atoms. The number of nitrogens with two attached hydrogens (primary N) is 1. The first-order valence-corrected chi connectivity index (χ1v) is 10.2. The lowest BCUT2D eigenvalue weighted by molar-refractivity contribution is 0.594. The highest BCUT2D eigenvalue weighted by molar-refractivity contribution is 7.90. The van der Waals surface area contributed by atoms with E-state index < -0.39 is 11.2 Å². The van der Waals surface area contributed by atoms with Gasteiger partial charge in [0.25, 0.3) is 0 Å². The highest BCUT2D eigenvalue weighted by atomic mass is 32.2. The van der Waals surface area contributed by atoms with Crippen LogP contribution in [0.4, 0.5) is 5.69 Å². The maximum atomic E-state index is 12.9. The topological polar surface area (TPSA) is 52.3 Å². The smallest absolute Gasteiger partial charge is 0.174 e. The lowest BCUT2D eigenvalue weighted by Crippen LogP contribution is -2.30. The summed E-state index contributed by atoms with van der Waals surface area (Å²) in [6, 6.07) is 27.2. The Morgan fingerprint density at radius 1 is 0.926 bits per heavy atom. The van der Waals surface area contributed by atoms with Gasteiger partial charge in [0.1, 0.15) is 5.75 Å². The van der Waals surface area contributed by atoms with E-state index >= 15 is 0 Å². The van der Waals surface area contributed by atoms with Crippen LogP contribution in [0, 0.1) is 0 Å². The highest BCUT2D eigenvalue weighted by Gasteiger charge is 2.15. The van der Waals surface area contributed by atoms with Gasteiger partial charge in [-0.25, -0.2) is 0 Å². The first kappa shape index (κ1) is 19.2. The lowest BCUT2D eigenvalue weighted by atomic mass is 10.2. The van der Waals surface area contributed by atoms with E-state index in [-0.39, 0.29) is 5.11 Å². The minimum atomic E-state index is -1.15. The van der Waals surface area contributed by atoms with Crippen LogP contribution in [0.25, 0.3) is 6.08 Å². The van der Waals surface area contributed by atoms with Gasteiger partial charge >= 0.3 is 0 Å². The quantitative estimate of drug-likeness (QED) is 0.487. The average molecular weight is 393 g/mol. The van der Waals surface area contributed by atoms with Crippen LogP contribution in [-0.2, 0) is 16.9 Å². The Hall–Kier alpha value is -2.60. The van der Waals surface area contributed by atoms with Crippen LogP contribution < -0.4 is 10.6 Å². The van der Waals surface area contributed by atoms with Gasteiger partial charge in [0, 0.05) is 23.0 Å². The summed E-state index contributed by atoms with van der Waals surface area (Å²) in [7, 11) is 0. The Morgan fingerprint density at radius 3 is 2.19 bits per heavy atom. The molecular formula is C22H20N2OS2. The van der Waals surface area contributed by atoms with Gasteiger partial charge in [0.05, 0.1) is 0 Å². The molecule has 3 aromatic rings. The third kappa shape index (κ3) is 5.20. The van der Waals surface area contributed by atoms with Crippen LogP contribution in [-0.4, -0.2) is 9.67 Å². The van der Waals surface area contributed by atoms with Crippen LogP contribution in [0.2, 0.25) is 0 Å². The number of hydrogen-bond donors (Lipinski definition) is 1. The molecule has 3 nitrogen and oxygen atoms in total. The molecule has 0 aliphatic carbocycles. The van der Waals surface area contributed by atoms with Gasteiger partial charge < -0.3 is 10.3 Å². The number of para-hydroxylation sites is 1. The zero-order valence-corrected chi connectivity index (χ0v) is 16.3. The van der Waals surface area contributed by atoms with Crippen molar-refractivity contribution < 1.29 is 4.55 Å². The number of benzene rings is 3. The van der Waals surface area contributed by atoms with Crippen LogP contribution in [0.15, 0.2) is 96.0 Å². The van der Waals surface area contributed by atoms with Crippen molar-refractivity contribution in [3.05, 3.63) is 102 Å². The molecule has 5 heteroatoms. The van der Waals surface area contributed by atoms with E-state index in [1.54, 1.807) is 4.90 Å². The highest BCUT2D eigenvalue weighted by Crippen LogP contribution is 2.23. The normalized spacial score (nSPS) is 12.0. The van der Waals surface area contributed by atoms with Gasteiger partial charge in [-0.1, -0.05) is 60.7 Å². The minimum Gasteiger partial charge on any atom is -0.611 e. The molecule has 0 heterocycles. The molecule has 3 rings (SSSR count). The van der Waals surface area contributed by atoms with Crippen molar-refractivity contribution in [2.75, 3.05) is 4.90 Å². The van der Waals surface area contributed by atoms with Gasteiger partial charge in [0.2, 0.25) is 0 Å². The summed E-state index contributed by atoms with van der Waals surface area (Å²) in [5.74, 6) is 0.476. The molecule has 0 radical (unpaired) electrons. The first-order valence-electron chi connectivity index (χ1n) is 8.48. The predicted octanol–water partition coefficient (Wildman–Crippen LogP) is 4.72. The minimum absolute atomic E-state index is 0.250. The summed E-state index contributed by atoms with van der Waals surface area (Å²) in [4.78, 5) is 2.51. The first-order chi connectivity index (χ1) is 13.1. The van der Waals surface area contributed by atoms with E-state index in [0.717, 1.165) is 21.7 Å². The Morgan fingerprint density at radius 2 is 1.52 bits per heavy atom. The second-order valence-electron chi connectivity index (χ2n) is 5.87. The molecule has 1 unspecified atom stereocenters. The second kappa shape index (κ2) is 9.37. The third-order valence-electron chi connectivity index (χ3n) is 3.98. The van der Waals surface area contributed by atoms with Crippen molar-refractivity contribution in [2.24, 2.45) is 5.73 Å². The molecule has 3 aromatic carbocycles. The molecule has 0 saturated carbocycles. The largest absolute Gasteiger partial charge is 0.611 e. The molecule has 27 heavy (non-hydrogen) atoms. The van der Waals surface area contributed by atoms with Gasteiger partial charge in [-0.3, -0.25) is 4.90 Å². The summed E-state index contributed by atoms with van der Waals surface area (Å²) in [5.41, 5.74) is 8.68. The Bertz CT molecular complexity index is 914. The standard InChI is InChI=1S/C22H20N2OS2/c23-22(26)24(20-12-5-2-6-13-20)16-15-19-11-7-8-14-21(19)27(25)17-18-9-3-1-4-10-18/h1-16H,17H2,(H2,23,26). The number of hydrogen-bond acceptors (Lipinski definition) is 2. The van der Waals surface area contributed by atoms with Crippen molar-refractivity contribution >= 4 is 40.3 Å². The van der Waals surface area contributed by atoms with E-state index in [1.807, 2.05) is 97.2 Å². The van der Waals surface area contributed by atoms with E-state index in [4.69, 9.17) is 18.0 Å². The molecule has 2 N–H and O–H groups in total. The van der Waals surface area contributed by atoms with Gasteiger partial charge in [-0.2, -0.15) is 0 Å². The molecule has 0 amide bonds. The fraction of sp³-hybridized carbons (Fsp3) is 0.0455. The fourth-order valence-corrected chi connectivity index (χ4v) is 4.11. The molecule has 0 saturated heterocycles. The zero-order chi connectivity index (χ0) is 19.1. The molecular weight excluding hydrogens is 372 g/mol. The summed E-state index contributed by atoms with van der Waals surface area (Å²) in [5, 5.41) is 0.250. The number of anilines is 1. The molecule has 136 valence electrons. The van der Waals surface area contributed by atoms with E-state index in [1.165, 1.54) is 0 Å². The number of rotatable bonds is 6. The SMILES string of the molecule is NC(=S)N(C=Cc1ccccc1[S+]([O-])Cc1ccccc1)c1ccccc1. The molecule has 1 atom stereocenters. The van der Waals surface area contributed by atoms with Crippen molar-refractivity contribution in [3.63, 3.8) is 0 Å². The molecule has 0 aliphatic rings. The van der Waals surface area contributed by atoms with E-state index in [2.05, 4.69) is 0 Å². The van der Waals surface area contributed by atoms with E-state index in [9.17, 15) is 4.55 Å². The third-order valence-corrected chi connectivity index (χ3v) is 5.63. The lowest BCUT2D eigenvalue weighted by Gasteiger charge is -2.18. The van der Waals surface area contributed by atoms with Crippen molar-refractivity contribution in [1.29, 1.82) is 0 Å². The fourth-order valence-electron chi connectivity index (χ4n) is 2.66. The number of nitrogens with zero attached hydrogens (tertiary/aromatic N) is 1. The summed E-state index contributed by atoms with van der Waals surface area (Å²) < 4.78 is 12.9. The van der Waals surface area contributed by atoms with Crippen molar-refractivity contribution in [1.82, 2.24) is 0 Å². The average Bonchev–Trinajstić information content (AvgIpc) is 2.70. The van der Waals surface area contributed by atoms with Crippen LogP contribution in [0.3, 0.4) is 0 Å². The van der Waals surface area contributed by atoms with Crippen molar-refractivity contribution in [2.45, 2.75) is 10.6 Å². The second-order valence-corrected chi connectivity index (χ2v) is 7.71.